The van der Waals surface area contributed by atoms with Crippen molar-refractivity contribution < 1.29 is 9.53 Å². The van der Waals surface area contributed by atoms with E-state index >= 15 is 0 Å². The molecule has 0 N–H and O–H groups in total. The molecule has 0 rings (SSSR count). The first-order valence-corrected chi connectivity index (χ1v) is 3.11. The van der Waals surface area contributed by atoms with Crippen LogP contribution < -0.4 is 0 Å². The summed E-state index contributed by atoms with van der Waals surface area (Å²) in [6.07, 6.45) is 0. The summed E-state index contributed by atoms with van der Waals surface area (Å²) in [6, 6.07) is 1.88. The first-order valence-electron chi connectivity index (χ1n) is 3.11. The molecule has 3 heteroatoms. The van der Waals surface area contributed by atoms with Crippen LogP contribution in [0.5, 0.6) is 0 Å². The molecule has 1 unspecified atom stereocenters. The molecule has 0 radical (unpaired) electrons. The Hall–Kier alpha value is -1.04. The van der Waals surface area contributed by atoms with Crippen molar-refractivity contribution in [2.75, 3.05) is 7.11 Å². The molecular weight excluding hydrogens is 130 g/mol. The standard InChI is InChI=1S/C7H11NO2/c1-5(2)6(4-8)7(9)10-3/h5-6H,1-3H3. The van der Waals surface area contributed by atoms with Gasteiger partial charge in [-0.3, -0.25) is 4.79 Å². The molecule has 56 valence electrons. The second-order valence-electron chi connectivity index (χ2n) is 2.37. The molecule has 1 atom stereocenters. The molecule has 0 saturated heterocycles. The summed E-state index contributed by atoms with van der Waals surface area (Å²) in [6.45, 7) is 3.62. The quantitative estimate of drug-likeness (QED) is 0.538. The van der Waals surface area contributed by atoms with Crippen LogP contribution >= 0.6 is 0 Å². The van der Waals surface area contributed by atoms with E-state index in [2.05, 4.69) is 4.74 Å². The van der Waals surface area contributed by atoms with Gasteiger partial charge >= 0.3 is 5.97 Å². The monoisotopic (exact) mass is 141 g/mol. The summed E-state index contributed by atoms with van der Waals surface area (Å²) in [5.74, 6) is -1.04. The van der Waals surface area contributed by atoms with Crippen molar-refractivity contribution in [3.05, 3.63) is 0 Å². The summed E-state index contributed by atoms with van der Waals surface area (Å²) in [4.78, 5) is 10.7. The Morgan fingerprint density at radius 1 is 1.60 bits per heavy atom. The summed E-state index contributed by atoms with van der Waals surface area (Å²) in [5, 5.41) is 8.45. The summed E-state index contributed by atoms with van der Waals surface area (Å²) >= 11 is 0. The van der Waals surface area contributed by atoms with Crippen LogP contribution in [0, 0.1) is 23.2 Å². The summed E-state index contributed by atoms with van der Waals surface area (Å²) in [7, 11) is 1.29. The molecule has 0 aliphatic rings. The van der Waals surface area contributed by atoms with Crippen molar-refractivity contribution in [3.63, 3.8) is 0 Å². The van der Waals surface area contributed by atoms with E-state index in [0.29, 0.717) is 0 Å². The second kappa shape index (κ2) is 3.89. The van der Waals surface area contributed by atoms with E-state index < -0.39 is 11.9 Å². The number of hydrogen-bond acceptors (Lipinski definition) is 3. The number of methoxy groups -OCH3 is 1. The maximum absolute atomic E-state index is 10.7. The zero-order valence-corrected chi connectivity index (χ0v) is 6.42. The highest BCUT2D eigenvalue weighted by molar-refractivity contribution is 5.75. The summed E-state index contributed by atoms with van der Waals surface area (Å²) < 4.78 is 4.40. The molecule has 0 amide bonds. The third-order valence-corrected chi connectivity index (χ3v) is 1.26. The predicted octanol–water partition coefficient (Wildman–Crippen LogP) is 0.955. The van der Waals surface area contributed by atoms with E-state index in [0.717, 1.165) is 0 Å². The van der Waals surface area contributed by atoms with Crippen LogP contribution in [-0.2, 0) is 9.53 Å². The number of hydrogen-bond donors (Lipinski definition) is 0. The smallest absolute Gasteiger partial charge is 0.323 e. The van der Waals surface area contributed by atoms with Gasteiger partial charge in [-0.15, -0.1) is 0 Å². The van der Waals surface area contributed by atoms with Gasteiger partial charge in [-0.25, -0.2) is 0 Å². The highest BCUT2D eigenvalue weighted by Crippen LogP contribution is 2.10. The maximum atomic E-state index is 10.7. The highest BCUT2D eigenvalue weighted by atomic mass is 16.5. The van der Waals surface area contributed by atoms with Gasteiger partial charge in [0, 0.05) is 0 Å². The molecule has 0 aliphatic carbocycles. The number of nitriles is 1. The van der Waals surface area contributed by atoms with E-state index in [1.165, 1.54) is 7.11 Å². The van der Waals surface area contributed by atoms with Gasteiger partial charge < -0.3 is 4.74 Å². The Morgan fingerprint density at radius 2 is 2.10 bits per heavy atom. The van der Waals surface area contributed by atoms with Crippen molar-refractivity contribution in [1.82, 2.24) is 0 Å². The third kappa shape index (κ3) is 2.06. The minimum absolute atomic E-state index is 0.0254. The van der Waals surface area contributed by atoms with Gasteiger partial charge in [0.15, 0.2) is 0 Å². The maximum Gasteiger partial charge on any atom is 0.323 e. The van der Waals surface area contributed by atoms with Crippen molar-refractivity contribution in [1.29, 1.82) is 5.26 Å². The molecule has 0 fully saturated rings. The molecule has 3 nitrogen and oxygen atoms in total. The van der Waals surface area contributed by atoms with E-state index in [-0.39, 0.29) is 5.92 Å². The van der Waals surface area contributed by atoms with E-state index in [1.807, 2.05) is 19.9 Å². The molecule has 0 aromatic rings. The normalized spacial score (nSPS) is 12.3. The Labute approximate surface area is 60.6 Å². The van der Waals surface area contributed by atoms with Crippen molar-refractivity contribution in [3.8, 4) is 6.07 Å². The first-order chi connectivity index (χ1) is 4.63. The lowest BCUT2D eigenvalue weighted by atomic mass is 9.98. The fourth-order valence-corrected chi connectivity index (χ4v) is 0.601. The van der Waals surface area contributed by atoms with Gasteiger partial charge in [-0.05, 0) is 5.92 Å². The number of ether oxygens (including phenoxy) is 1. The van der Waals surface area contributed by atoms with Gasteiger partial charge in [0.05, 0.1) is 13.2 Å². The average molecular weight is 141 g/mol. The second-order valence-corrected chi connectivity index (χ2v) is 2.37. The van der Waals surface area contributed by atoms with E-state index in [9.17, 15) is 4.79 Å². The van der Waals surface area contributed by atoms with E-state index in [4.69, 9.17) is 5.26 Å². The number of rotatable bonds is 2. The molecule has 0 spiro atoms. The number of esters is 1. The van der Waals surface area contributed by atoms with Gasteiger partial charge in [-0.2, -0.15) is 5.26 Å². The third-order valence-electron chi connectivity index (χ3n) is 1.26. The minimum atomic E-state index is -0.620. The van der Waals surface area contributed by atoms with Gasteiger partial charge in [0.1, 0.15) is 5.92 Å². The van der Waals surface area contributed by atoms with Crippen LogP contribution in [0.4, 0.5) is 0 Å². The van der Waals surface area contributed by atoms with Crippen molar-refractivity contribution in [2.24, 2.45) is 11.8 Å². The lowest BCUT2D eigenvalue weighted by molar-refractivity contribution is -0.144. The van der Waals surface area contributed by atoms with Crippen LogP contribution in [0.15, 0.2) is 0 Å². The van der Waals surface area contributed by atoms with Gasteiger partial charge in [-0.1, -0.05) is 13.8 Å². The summed E-state index contributed by atoms with van der Waals surface area (Å²) in [5.41, 5.74) is 0. The molecule has 10 heavy (non-hydrogen) atoms. The predicted molar refractivity (Wildman–Crippen MR) is 36.0 cm³/mol. The zero-order chi connectivity index (χ0) is 8.15. The van der Waals surface area contributed by atoms with Crippen LogP contribution in [0.25, 0.3) is 0 Å². The van der Waals surface area contributed by atoms with Crippen molar-refractivity contribution >= 4 is 5.97 Å². The number of carbonyl (C=O) groups is 1. The Bertz CT molecular complexity index is 157. The zero-order valence-electron chi connectivity index (χ0n) is 6.42. The fourth-order valence-electron chi connectivity index (χ4n) is 0.601. The van der Waals surface area contributed by atoms with Gasteiger partial charge in [0.2, 0.25) is 0 Å². The van der Waals surface area contributed by atoms with Crippen LogP contribution in [-0.4, -0.2) is 13.1 Å². The molecule has 0 aromatic carbocycles. The molecule has 0 aliphatic heterocycles. The lowest BCUT2D eigenvalue weighted by Gasteiger charge is -2.08. The number of nitrogens with zero attached hydrogens (tertiary/aromatic N) is 1. The van der Waals surface area contributed by atoms with E-state index in [1.54, 1.807) is 0 Å². The topological polar surface area (TPSA) is 50.1 Å². The Kier molecular flexibility index (Phi) is 3.48. The van der Waals surface area contributed by atoms with Gasteiger partial charge in [0.25, 0.3) is 0 Å². The first kappa shape index (κ1) is 8.96. The molecule has 0 bridgehead atoms. The molecule has 0 aromatic heterocycles. The van der Waals surface area contributed by atoms with Crippen LogP contribution in [0.3, 0.4) is 0 Å². The minimum Gasteiger partial charge on any atom is -0.468 e. The Balaban J connectivity index is 4.11. The van der Waals surface area contributed by atoms with Crippen LogP contribution in [0.2, 0.25) is 0 Å². The largest absolute Gasteiger partial charge is 0.468 e. The van der Waals surface area contributed by atoms with Crippen molar-refractivity contribution in [2.45, 2.75) is 13.8 Å². The fraction of sp³-hybridized carbons (Fsp3) is 0.714. The highest BCUT2D eigenvalue weighted by Gasteiger charge is 2.21. The SMILES string of the molecule is COC(=O)C(C#N)C(C)C. The Morgan fingerprint density at radius 3 is 2.20 bits per heavy atom. The van der Waals surface area contributed by atoms with Crippen LogP contribution in [0.1, 0.15) is 13.8 Å². The molecular formula is C7H11NO2. The number of carbonyl (C=O) groups excluding carboxylic acids is 1. The molecule has 0 heterocycles. The average Bonchev–Trinajstić information content (AvgIpc) is 1.88. The molecule has 0 saturated carbocycles. The lowest BCUT2D eigenvalue weighted by Crippen LogP contribution is -2.19.